The number of benzene rings is 2. The molecule has 0 spiro atoms. The van der Waals surface area contributed by atoms with Crippen LogP contribution >= 0.6 is 0 Å². The number of aliphatic hydroxyl groups excluding tert-OH is 1. The number of carbonyl (C=O) groups excluding carboxylic acids is 1. The molecule has 8 nitrogen and oxygen atoms in total. The van der Waals surface area contributed by atoms with E-state index in [0.717, 1.165) is 37.8 Å². The summed E-state index contributed by atoms with van der Waals surface area (Å²) in [6.45, 7) is 3.13. The zero-order chi connectivity index (χ0) is 39.0. The smallest absolute Gasteiger partial charge is 0.416 e. The molecule has 1 fully saturated rings. The van der Waals surface area contributed by atoms with Crippen LogP contribution in [0.5, 0.6) is 5.75 Å². The van der Waals surface area contributed by atoms with Gasteiger partial charge in [-0.15, -0.1) is 0 Å². The minimum atomic E-state index is -5.13. The Balaban J connectivity index is 1.72. The third-order valence-electron chi connectivity index (χ3n) is 8.97. The van der Waals surface area contributed by atoms with Crippen molar-refractivity contribution >= 4 is 17.6 Å². The molecule has 53 heavy (non-hydrogen) atoms. The summed E-state index contributed by atoms with van der Waals surface area (Å²) in [6, 6.07) is 4.23. The summed E-state index contributed by atoms with van der Waals surface area (Å²) < 4.78 is 135. The number of halogens is 9. The molecule has 1 aromatic heterocycles. The van der Waals surface area contributed by atoms with E-state index in [2.05, 4.69) is 9.97 Å². The number of hydrogen-bond donors (Lipinski definition) is 1. The van der Waals surface area contributed by atoms with Crippen LogP contribution in [0.25, 0.3) is 0 Å². The first-order chi connectivity index (χ1) is 24.9. The van der Waals surface area contributed by atoms with Crippen molar-refractivity contribution in [2.24, 2.45) is 11.8 Å². The molecule has 3 aromatic rings. The first kappa shape index (κ1) is 41.5. The Labute approximate surface area is 300 Å². The van der Waals surface area contributed by atoms with Gasteiger partial charge in [-0.05, 0) is 98.9 Å². The second-order valence-corrected chi connectivity index (χ2v) is 12.8. The number of aromatic nitrogens is 2. The quantitative estimate of drug-likeness (QED) is 0.122. The number of esters is 1. The fourth-order valence-electron chi connectivity index (χ4n) is 6.42. The van der Waals surface area contributed by atoms with E-state index >= 15 is 0 Å². The van der Waals surface area contributed by atoms with Gasteiger partial charge in [0.1, 0.15) is 6.61 Å². The molecule has 0 amide bonds. The molecule has 0 radical (unpaired) electrons. The molecule has 0 bridgehead atoms. The second-order valence-electron chi connectivity index (χ2n) is 12.8. The lowest BCUT2D eigenvalue weighted by molar-refractivity contribution is -0.145. The number of anilines is 2. The summed E-state index contributed by atoms with van der Waals surface area (Å²) in [5.74, 6) is -0.0834. The van der Waals surface area contributed by atoms with Gasteiger partial charge in [0.05, 0.1) is 42.3 Å². The van der Waals surface area contributed by atoms with E-state index in [1.807, 2.05) is 11.8 Å². The summed E-state index contributed by atoms with van der Waals surface area (Å²) in [6.07, 6.45) is -9.32. The Bertz CT molecular complexity index is 1610. The first-order valence-electron chi connectivity index (χ1n) is 17.1. The van der Waals surface area contributed by atoms with Crippen molar-refractivity contribution in [2.45, 2.75) is 77.6 Å². The van der Waals surface area contributed by atoms with Crippen molar-refractivity contribution in [1.29, 1.82) is 0 Å². The third-order valence-corrected chi connectivity index (χ3v) is 8.97. The molecule has 4 rings (SSSR count). The summed E-state index contributed by atoms with van der Waals surface area (Å²) in [4.78, 5) is 23.4. The van der Waals surface area contributed by atoms with Crippen molar-refractivity contribution in [3.63, 3.8) is 0 Å². The fourth-order valence-corrected chi connectivity index (χ4v) is 6.42. The molecule has 2 aromatic carbocycles. The van der Waals surface area contributed by atoms with Crippen LogP contribution in [-0.4, -0.2) is 54.0 Å². The van der Waals surface area contributed by atoms with E-state index in [1.165, 1.54) is 23.4 Å². The summed E-state index contributed by atoms with van der Waals surface area (Å²) in [5.41, 5.74) is -4.06. The summed E-state index contributed by atoms with van der Waals surface area (Å²) in [7, 11) is 0. The van der Waals surface area contributed by atoms with Crippen LogP contribution < -0.4 is 14.5 Å². The number of hydrogen-bond acceptors (Lipinski definition) is 8. The lowest BCUT2D eigenvalue weighted by Gasteiger charge is -2.35. The summed E-state index contributed by atoms with van der Waals surface area (Å²) >= 11 is 0. The highest BCUT2D eigenvalue weighted by atomic mass is 19.4. The standard InChI is InChI=1S/C36H41F9N4O4/c1-3-48(20-24-7-5-23(6-8-24)15-32(51)52-4-2)31-10-9-27(34(37,38)39)16-26(31)22-49(33-46-18-30(19-47-33)53-12-11-50)21-25-13-28(35(40,41)42)17-29(14-25)36(43,44)45/h9-10,13-14,16-19,23-24,50H,3-8,11-12,15,20-22H2,1-2H3. The molecule has 1 heterocycles. The number of carbonyl (C=O) groups is 1. The van der Waals surface area contributed by atoms with Crippen molar-refractivity contribution in [3.8, 4) is 5.75 Å². The van der Waals surface area contributed by atoms with Gasteiger partial charge in [0, 0.05) is 38.3 Å². The molecular formula is C36H41F9N4O4. The maximum atomic E-state index is 14.1. The van der Waals surface area contributed by atoms with E-state index in [1.54, 1.807) is 6.92 Å². The van der Waals surface area contributed by atoms with Crippen LogP contribution in [0.3, 0.4) is 0 Å². The Kier molecular flexibility index (Phi) is 13.8. The van der Waals surface area contributed by atoms with Gasteiger partial charge in [-0.1, -0.05) is 0 Å². The molecule has 1 aliphatic rings. The molecule has 1 N–H and O–H groups in total. The fraction of sp³-hybridized carbons (Fsp3) is 0.528. The molecular weight excluding hydrogens is 723 g/mol. The third kappa shape index (κ3) is 11.9. The topological polar surface area (TPSA) is 88.0 Å². The molecule has 0 saturated heterocycles. The van der Waals surface area contributed by atoms with Crippen LogP contribution in [0, 0.1) is 11.8 Å². The van der Waals surface area contributed by atoms with Gasteiger partial charge >= 0.3 is 24.5 Å². The Hall–Kier alpha value is -4.28. The van der Waals surface area contributed by atoms with Crippen molar-refractivity contribution in [3.05, 3.63) is 76.6 Å². The zero-order valence-corrected chi connectivity index (χ0v) is 29.1. The second kappa shape index (κ2) is 17.7. The minimum Gasteiger partial charge on any atom is -0.488 e. The molecule has 0 atom stereocenters. The Morgan fingerprint density at radius 2 is 1.38 bits per heavy atom. The van der Waals surface area contributed by atoms with Gasteiger partial charge < -0.3 is 24.4 Å². The SMILES string of the molecule is CCOC(=O)CC1CCC(CN(CC)c2ccc(C(F)(F)F)cc2CN(Cc2cc(C(F)(F)F)cc(C(F)(F)F)c2)c2ncc(OCCO)cn2)CC1. The number of ether oxygens (including phenoxy) is 2. The average Bonchev–Trinajstić information content (AvgIpc) is 3.09. The molecule has 0 aliphatic heterocycles. The minimum absolute atomic E-state index is 0.00796. The Morgan fingerprint density at radius 1 is 0.792 bits per heavy atom. The van der Waals surface area contributed by atoms with E-state index < -0.39 is 53.9 Å². The largest absolute Gasteiger partial charge is 0.488 e. The first-order valence-corrected chi connectivity index (χ1v) is 17.1. The number of aliphatic hydroxyl groups is 1. The van der Waals surface area contributed by atoms with E-state index in [9.17, 15) is 44.3 Å². The van der Waals surface area contributed by atoms with Gasteiger partial charge in [-0.3, -0.25) is 4.79 Å². The molecule has 1 saturated carbocycles. The van der Waals surface area contributed by atoms with Gasteiger partial charge in [0.25, 0.3) is 0 Å². The van der Waals surface area contributed by atoms with Gasteiger partial charge in [0.2, 0.25) is 5.95 Å². The lowest BCUT2D eigenvalue weighted by Crippen LogP contribution is -2.33. The van der Waals surface area contributed by atoms with Crippen LogP contribution in [-0.2, 0) is 41.1 Å². The van der Waals surface area contributed by atoms with E-state index in [-0.39, 0.29) is 61.0 Å². The highest BCUT2D eigenvalue weighted by Gasteiger charge is 2.37. The zero-order valence-electron chi connectivity index (χ0n) is 29.1. The predicted molar refractivity (Wildman–Crippen MR) is 177 cm³/mol. The molecule has 1 aliphatic carbocycles. The number of rotatable bonds is 15. The van der Waals surface area contributed by atoms with Crippen molar-refractivity contribution in [1.82, 2.24) is 9.97 Å². The number of alkyl halides is 9. The van der Waals surface area contributed by atoms with Crippen LogP contribution in [0.4, 0.5) is 51.1 Å². The maximum Gasteiger partial charge on any atom is 0.416 e. The van der Waals surface area contributed by atoms with E-state index in [4.69, 9.17) is 14.6 Å². The van der Waals surface area contributed by atoms with Gasteiger partial charge in [0.15, 0.2) is 5.75 Å². The molecule has 0 unspecified atom stereocenters. The highest BCUT2D eigenvalue weighted by molar-refractivity contribution is 5.69. The van der Waals surface area contributed by atoms with Crippen molar-refractivity contribution < 1.29 is 58.9 Å². The molecule has 292 valence electrons. The normalized spacial score (nSPS) is 16.7. The van der Waals surface area contributed by atoms with Crippen molar-refractivity contribution in [2.75, 3.05) is 42.7 Å². The Morgan fingerprint density at radius 3 is 1.91 bits per heavy atom. The predicted octanol–water partition coefficient (Wildman–Crippen LogP) is 8.70. The monoisotopic (exact) mass is 764 g/mol. The van der Waals surface area contributed by atoms with Gasteiger partial charge in [-0.2, -0.15) is 39.5 Å². The lowest BCUT2D eigenvalue weighted by atomic mass is 9.80. The summed E-state index contributed by atoms with van der Waals surface area (Å²) in [5, 5.41) is 9.06. The van der Waals surface area contributed by atoms with Crippen LogP contribution in [0.1, 0.15) is 73.8 Å². The van der Waals surface area contributed by atoms with E-state index in [0.29, 0.717) is 37.3 Å². The highest BCUT2D eigenvalue weighted by Crippen LogP contribution is 2.39. The van der Waals surface area contributed by atoms with Gasteiger partial charge in [-0.25, -0.2) is 9.97 Å². The van der Waals surface area contributed by atoms with Crippen LogP contribution in [0.15, 0.2) is 48.8 Å². The van der Waals surface area contributed by atoms with Crippen LogP contribution in [0.2, 0.25) is 0 Å². The molecule has 17 heteroatoms. The maximum absolute atomic E-state index is 14.1. The number of nitrogens with zero attached hydrogens (tertiary/aromatic N) is 4. The average molecular weight is 765 g/mol.